The number of amides is 2. The molecule has 28 heavy (non-hydrogen) atoms. The van der Waals surface area contributed by atoms with Crippen molar-refractivity contribution in [1.29, 1.82) is 0 Å². The zero-order valence-electron chi connectivity index (χ0n) is 16.1. The number of carbonyl (C=O) groups is 2. The number of rotatable bonds is 9. The molecule has 0 radical (unpaired) electrons. The molecule has 1 aliphatic heterocycles. The predicted molar refractivity (Wildman–Crippen MR) is 99.2 cm³/mol. The Kier molecular flexibility index (Phi) is 6.68. The average Bonchev–Trinajstić information content (AvgIpc) is 2.98. The van der Waals surface area contributed by atoms with E-state index >= 15 is 0 Å². The quantitative estimate of drug-likeness (QED) is 0.460. The van der Waals surface area contributed by atoms with Gasteiger partial charge in [0.25, 0.3) is 16.9 Å². The van der Waals surface area contributed by atoms with Gasteiger partial charge in [0.15, 0.2) is 0 Å². The highest BCUT2D eigenvalue weighted by atomic mass is 31.2. The summed E-state index contributed by atoms with van der Waals surface area (Å²) in [5.74, 6) is -1.49. The largest absolute Gasteiger partial charge is 0.376 e. The lowest BCUT2D eigenvalue weighted by Gasteiger charge is -2.43. The van der Waals surface area contributed by atoms with Crippen molar-refractivity contribution in [2.75, 3.05) is 28.4 Å². The Hall–Kier alpha value is -1.38. The molecule has 0 saturated heterocycles. The Bertz CT molecular complexity index is 794. The summed E-state index contributed by atoms with van der Waals surface area (Å²) in [6.45, 7) is 1.50. The summed E-state index contributed by atoms with van der Waals surface area (Å²) in [6.07, 6.45) is -0.143. The fourth-order valence-electron chi connectivity index (χ4n) is 3.32. The van der Waals surface area contributed by atoms with Gasteiger partial charge in [-0.2, -0.15) is 0 Å². The highest BCUT2D eigenvalue weighted by molar-refractivity contribution is 7.74. The van der Waals surface area contributed by atoms with Gasteiger partial charge < -0.3 is 23.2 Å². The Morgan fingerprint density at radius 1 is 0.929 bits per heavy atom. The van der Waals surface area contributed by atoms with Crippen LogP contribution in [0.15, 0.2) is 24.3 Å². The molecule has 1 N–H and O–H groups in total. The third kappa shape index (κ3) is 3.00. The maximum absolute atomic E-state index is 13.3. The Morgan fingerprint density at radius 3 is 1.57 bits per heavy atom. The molecule has 0 bridgehead atoms. The van der Waals surface area contributed by atoms with E-state index in [9.17, 15) is 23.8 Å². The molecule has 12 heteroatoms. The van der Waals surface area contributed by atoms with Gasteiger partial charge in [-0.15, -0.1) is 0 Å². The number of imide groups is 1. The summed E-state index contributed by atoms with van der Waals surface area (Å²) < 4.78 is 46.2. The topological polar surface area (TPSA) is 129 Å². The highest BCUT2D eigenvalue weighted by Crippen LogP contribution is 2.77. The van der Waals surface area contributed by atoms with Crippen molar-refractivity contribution >= 4 is 27.0 Å². The summed E-state index contributed by atoms with van der Waals surface area (Å²) in [4.78, 5) is 26.5. The molecule has 1 atom stereocenters. The normalized spacial score (nSPS) is 16.4. The fraction of sp³-hybridized carbons (Fsp3) is 0.500. The van der Waals surface area contributed by atoms with Gasteiger partial charge in [-0.1, -0.05) is 19.1 Å². The first kappa shape index (κ1) is 22.9. The first-order valence-electron chi connectivity index (χ1n) is 8.24. The molecule has 1 aromatic rings. The van der Waals surface area contributed by atoms with Crippen LogP contribution in [0.25, 0.3) is 0 Å². The van der Waals surface area contributed by atoms with Gasteiger partial charge in [-0.05, 0) is 18.6 Å². The van der Waals surface area contributed by atoms with Gasteiger partial charge in [0, 0.05) is 28.4 Å². The molecular weight excluding hydrogens is 412 g/mol. The molecule has 1 heterocycles. The van der Waals surface area contributed by atoms with Gasteiger partial charge >= 0.3 is 15.2 Å². The Morgan fingerprint density at radius 2 is 1.29 bits per heavy atom. The summed E-state index contributed by atoms with van der Waals surface area (Å²) in [5.41, 5.74) is 0.199. The second kappa shape index (κ2) is 8.16. The predicted octanol–water partition coefficient (Wildman–Crippen LogP) is 2.68. The molecule has 0 aromatic heterocycles. The molecule has 1 unspecified atom stereocenters. The van der Waals surface area contributed by atoms with Crippen molar-refractivity contribution in [3.63, 3.8) is 0 Å². The molecule has 1 aliphatic rings. The molecule has 2 amide bonds. The van der Waals surface area contributed by atoms with Gasteiger partial charge in [0.2, 0.25) is 0 Å². The van der Waals surface area contributed by atoms with Crippen molar-refractivity contribution < 1.29 is 41.9 Å². The van der Waals surface area contributed by atoms with E-state index in [1.807, 2.05) is 0 Å². The van der Waals surface area contributed by atoms with Crippen molar-refractivity contribution in [2.45, 2.75) is 24.5 Å². The second-order valence-corrected chi connectivity index (χ2v) is 11.0. The summed E-state index contributed by atoms with van der Waals surface area (Å²) in [6, 6.07) is 4.44. The van der Waals surface area contributed by atoms with Gasteiger partial charge in [-0.25, -0.2) is 0 Å². The van der Waals surface area contributed by atoms with Crippen LogP contribution < -0.4 is 0 Å². The number of carbonyl (C=O) groups excluding carboxylic acids is 2. The van der Waals surface area contributed by atoms with Crippen molar-refractivity contribution in [2.24, 2.45) is 0 Å². The number of hydrogen-bond acceptors (Lipinski definition) is 9. The maximum Gasteiger partial charge on any atom is 0.376 e. The van der Waals surface area contributed by atoms with Crippen LogP contribution in [0.3, 0.4) is 0 Å². The lowest BCUT2D eigenvalue weighted by atomic mass is 10.1. The zero-order chi connectivity index (χ0) is 21.3. The SMILES string of the molecule is CCC(N1C(=O)c2ccccc2C1=O)C(O)(P(=O)(OC)OC)P(=O)(OC)OC. The number of benzene rings is 1. The van der Waals surface area contributed by atoms with Crippen LogP contribution in [-0.4, -0.2) is 61.4 Å². The average molecular weight is 435 g/mol. The molecule has 1 aromatic carbocycles. The third-order valence-corrected chi connectivity index (χ3v) is 10.3. The molecule has 0 spiro atoms. The molecule has 10 nitrogen and oxygen atoms in total. The summed E-state index contributed by atoms with van der Waals surface area (Å²) in [7, 11) is -5.38. The molecular formula is C16H23NO9P2. The minimum Gasteiger partial charge on any atom is -0.366 e. The van der Waals surface area contributed by atoms with E-state index in [2.05, 4.69) is 0 Å². The van der Waals surface area contributed by atoms with Crippen LogP contribution in [-0.2, 0) is 27.2 Å². The molecule has 0 aliphatic carbocycles. The number of fused-ring (bicyclic) bond motifs is 1. The zero-order valence-corrected chi connectivity index (χ0v) is 17.9. The lowest BCUT2D eigenvalue weighted by molar-refractivity contribution is 0.0212. The number of nitrogens with zero attached hydrogens (tertiary/aromatic N) is 1. The van der Waals surface area contributed by atoms with E-state index in [1.54, 1.807) is 12.1 Å². The van der Waals surface area contributed by atoms with Crippen LogP contribution in [0.4, 0.5) is 0 Å². The van der Waals surface area contributed by atoms with Crippen LogP contribution in [0.2, 0.25) is 0 Å². The molecule has 0 saturated carbocycles. The third-order valence-electron chi connectivity index (χ3n) is 4.74. The number of hydrogen-bond donors (Lipinski definition) is 1. The van der Waals surface area contributed by atoms with Crippen molar-refractivity contribution in [1.82, 2.24) is 4.90 Å². The first-order valence-corrected chi connectivity index (χ1v) is 11.3. The Balaban J connectivity index is 2.75. The highest BCUT2D eigenvalue weighted by Gasteiger charge is 2.70. The van der Waals surface area contributed by atoms with Gasteiger partial charge in [0.1, 0.15) is 0 Å². The van der Waals surface area contributed by atoms with E-state index < -0.39 is 38.1 Å². The Labute approximate surface area is 162 Å². The summed E-state index contributed by atoms with van der Waals surface area (Å²) >= 11 is 0. The van der Waals surface area contributed by atoms with Crippen molar-refractivity contribution in [3.05, 3.63) is 35.4 Å². The maximum atomic E-state index is 13.3. The molecule has 156 valence electrons. The standard InChI is InChI=1S/C16H23NO9P2/c1-6-13(17-14(18)11-9-7-8-10-12(11)15(17)19)16(20,27(21,23-2)24-3)28(22,25-4)26-5/h7-10,13,20H,6H2,1-5H3. The van der Waals surface area contributed by atoms with Crippen molar-refractivity contribution in [3.8, 4) is 0 Å². The monoisotopic (exact) mass is 435 g/mol. The van der Waals surface area contributed by atoms with E-state index in [-0.39, 0.29) is 17.5 Å². The van der Waals surface area contributed by atoms with E-state index in [0.717, 1.165) is 28.4 Å². The van der Waals surface area contributed by atoms with Crippen LogP contribution in [0.1, 0.15) is 34.1 Å². The second-order valence-electron chi connectivity index (χ2n) is 5.86. The van der Waals surface area contributed by atoms with E-state index in [0.29, 0.717) is 4.90 Å². The van der Waals surface area contributed by atoms with Gasteiger partial charge in [-0.3, -0.25) is 23.6 Å². The van der Waals surface area contributed by atoms with Crippen LogP contribution in [0, 0.1) is 0 Å². The minimum absolute atomic E-state index is 0.0997. The van der Waals surface area contributed by atoms with E-state index in [4.69, 9.17) is 18.1 Å². The lowest BCUT2D eigenvalue weighted by Crippen LogP contribution is -2.55. The van der Waals surface area contributed by atoms with Crippen LogP contribution in [0.5, 0.6) is 0 Å². The first-order chi connectivity index (χ1) is 13.1. The number of aliphatic hydroxyl groups is 1. The van der Waals surface area contributed by atoms with Gasteiger partial charge in [0.05, 0.1) is 17.2 Å². The summed E-state index contributed by atoms with van der Waals surface area (Å²) in [5, 5.41) is 8.53. The molecule has 2 rings (SSSR count). The van der Waals surface area contributed by atoms with E-state index in [1.165, 1.54) is 19.1 Å². The fourth-order valence-corrected chi connectivity index (χ4v) is 8.20. The minimum atomic E-state index is -4.63. The molecule has 0 fully saturated rings. The smallest absolute Gasteiger partial charge is 0.366 e. The van der Waals surface area contributed by atoms with Crippen LogP contribution >= 0.6 is 15.2 Å².